The third-order valence-corrected chi connectivity index (χ3v) is 3.88. The Morgan fingerprint density at radius 1 is 1.50 bits per heavy atom. The zero-order chi connectivity index (χ0) is 13.4. The minimum atomic E-state index is -0.428. The molecular weight excluding hydrogens is 232 g/mol. The van der Waals surface area contributed by atoms with E-state index in [1.54, 1.807) is 4.90 Å². The highest BCUT2D eigenvalue weighted by molar-refractivity contribution is 5.69. The first kappa shape index (κ1) is 13.6. The number of nitrogens with zero attached hydrogens (tertiary/aromatic N) is 1. The number of likely N-dealkylation sites (tertiary alicyclic amines) is 1. The van der Waals surface area contributed by atoms with Gasteiger partial charge in [0.1, 0.15) is 5.60 Å². The smallest absolute Gasteiger partial charge is 0.410 e. The van der Waals surface area contributed by atoms with Crippen molar-refractivity contribution < 1.29 is 14.3 Å². The van der Waals surface area contributed by atoms with Gasteiger partial charge < -0.3 is 20.1 Å². The number of rotatable bonds is 1. The van der Waals surface area contributed by atoms with Gasteiger partial charge in [-0.2, -0.15) is 0 Å². The van der Waals surface area contributed by atoms with Gasteiger partial charge >= 0.3 is 6.09 Å². The Labute approximate surface area is 109 Å². The Morgan fingerprint density at radius 2 is 2.17 bits per heavy atom. The SMILES string of the molecule is CC(C)(C)OC(=O)N1CC2(CCOCC2CN)C1. The first-order valence-corrected chi connectivity index (χ1v) is 6.62. The standard InChI is InChI=1S/C13H24N2O3/c1-12(2,3)18-11(16)15-8-13(9-15)4-5-17-7-10(13)6-14/h10H,4-9,14H2,1-3H3. The van der Waals surface area contributed by atoms with Crippen molar-refractivity contribution in [3.05, 3.63) is 0 Å². The number of hydrogen-bond acceptors (Lipinski definition) is 4. The number of hydrogen-bond donors (Lipinski definition) is 1. The number of carbonyl (C=O) groups excluding carboxylic acids is 1. The van der Waals surface area contributed by atoms with Crippen molar-refractivity contribution in [3.63, 3.8) is 0 Å². The van der Waals surface area contributed by atoms with Crippen LogP contribution in [0.15, 0.2) is 0 Å². The second-order valence-electron chi connectivity index (χ2n) is 6.46. The molecule has 1 atom stereocenters. The fourth-order valence-electron chi connectivity index (χ4n) is 2.79. The Hall–Kier alpha value is -0.810. The molecule has 0 aliphatic carbocycles. The van der Waals surface area contributed by atoms with E-state index in [-0.39, 0.29) is 11.5 Å². The van der Waals surface area contributed by atoms with Crippen LogP contribution < -0.4 is 5.73 Å². The summed E-state index contributed by atoms with van der Waals surface area (Å²) in [5.74, 6) is 0.366. The van der Waals surface area contributed by atoms with Gasteiger partial charge in [0.25, 0.3) is 0 Å². The molecule has 1 spiro atoms. The monoisotopic (exact) mass is 256 g/mol. The Morgan fingerprint density at radius 3 is 2.72 bits per heavy atom. The molecule has 1 unspecified atom stereocenters. The minimum absolute atomic E-state index is 0.171. The summed E-state index contributed by atoms with van der Waals surface area (Å²) in [5, 5.41) is 0. The quantitative estimate of drug-likeness (QED) is 0.766. The van der Waals surface area contributed by atoms with Gasteiger partial charge in [-0.05, 0) is 33.7 Å². The fraction of sp³-hybridized carbons (Fsp3) is 0.923. The van der Waals surface area contributed by atoms with Crippen LogP contribution in [0.2, 0.25) is 0 Å². The van der Waals surface area contributed by atoms with Crippen LogP contribution in [0.3, 0.4) is 0 Å². The molecule has 104 valence electrons. The first-order valence-electron chi connectivity index (χ1n) is 6.62. The molecule has 18 heavy (non-hydrogen) atoms. The highest BCUT2D eigenvalue weighted by atomic mass is 16.6. The predicted octanol–water partition coefficient (Wildman–Crippen LogP) is 1.22. The first-order chi connectivity index (χ1) is 8.36. The average molecular weight is 256 g/mol. The van der Waals surface area contributed by atoms with Gasteiger partial charge in [-0.15, -0.1) is 0 Å². The van der Waals surface area contributed by atoms with Gasteiger partial charge in [0.15, 0.2) is 0 Å². The lowest BCUT2D eigenvalue weighted by Crippen LogP contribution is -2.65. The lowest BCUT2D eigenvalue weighted by molar-refractivity contribution is -0.120. The third-order valence-electron chi connectivity index (χ3n) is 3.88. The Bertz CT molecular complexity index is 319. The molecule has 2 saturated heterocycles. The molecule has 2 heterocycles. The van der Waals surface area contributed by atoms with E-state index in [2.05, 4.69) is 0 Å². The number of nitrogens with two attached hydrogens (primary N) is 1. The van der Waals surface area contributed by atoms with Crippen LogP contribution in [-0.2, 0) is 9.47 Å². The number of amides is 1. The minimum Gasteiger partial charge on any atom is -0.444 e. The molecule has 0 aromatic heterocycles. The topological polar surface area (TPSA) is 64.8 Å². The van der Waals surface area contributed by atoms with Crippen LogP contribution in [0.25, 0.3) is 0 Å². The highest BCUT2D eigenvalue weighted by Crippen LogP contribution is 2.43. The van der Waals surface area contributed by atoms with E-state index in [1.807, 2.05) is 20.8 Å². The van der Waals surface area contributed by atoms with Crippen molar-refractivity contribution in [2.24, 2.45) is 17.1 Å². The summed E-state index contributed by atoms with van der Waals surface area (Å²) in [6, 6.07) is 0. The number of ether oxygens (including phenoxy) is 2. The van der Waals surface area contributed by atoms with E-state index in [0.717, 1.165) is 32.7 Å². The van der Waals surface area contributed by atoms with Crippen molar-refractivity contribution in [2.75, 3.05) is 32.8 Å². The molecule has 0 aromatic rings. The van der Waals surface area contributed by atoms with Gasteiger partial charge in [-0.1, -0.05) is 0 Å². The van der Waals surface area contributed by atoms with Gasteiger partial charge in [-0.3, -0.25) is 0 Å². The lowest BCUT2D eigenvalue weighted by atomic mass is 9.66. The fourth-order valence-corrected chi connectivity index (χ4v) is 2.79. The highest BCUT2D eigenvalue weighted by Gasteiger charge is 2.52. The van der Waals surface area contributed by atoms with Crippen molar-refractivity contribution in [1.29, 1.82) is 0 Å². The zero-order valence-electron chi connectivity index (χ0n) is 11.6. The maximum Gasteiger partial charge on any atom is 0.410 e. The van der Waals surface area contributed by atoms with Crippen LogP contribution in [0, 0.1) is 11.3 Å². The molecular formula is C13H24N2O3. The predicted molar refractivity (Wildman–Crippen MR) is 68.2 cm³/mol. The van der Waals surface area contributed by atoms with E-state index >= 15 is 0 Å². The molecule has 2 aliphatic rings. The Balaban J connectivity index is 1.90. The van der Waals surface area contributed by atoms with Gasteiger partial charge in [-0.25, -0.2) is 4.79 Å². The molecule has 5 heteroatoms. The molecule has 2 rings (SSSR count). The summed E-state index contributed by atoms with van der Waals surface area (Å²) in [6.07, 6.45) is 0.782. The molecule has 1 amide bonds. The van der Waals surface area contributed by atoms with Gasteiger partial charge in [0.05, 0.1) is 6.61 Å². The maximum absolute atomic E-state index is 11.9. The van der Waals surface area contributed by atoms with E-state index in [0.29, 0.717) is 12.5 Å². The summed E-state index contributed by atoms with van der Waals surface area (Å²) in [6.45, 7) is 9.30. The molecule has 2 fully saturated rings. The molecule has 0 bridgehead atoms. The second kappa shape index (κ2) is 4.70. The normalized spacial score (nSPS) is 26.9. The van der Waals surface area contributed by atoms with Crippen LogP contribution in [0.1, 0.15) is 27.2 Å². The molecule has 0 radical (unpaired) electrons. The molecule has 2 N–H and O–H groups in total. The number of carbonyl (C=O) groups is 1. The summed E-state index contributed by atoms with van der Waals surface area (Å²) < 4.78 is 10.8. The van der Waals surface area contributed by atoms with Gasteiger partial charge in [0, 0.05) is 31.0 Å². The van der Waals surface area contributed by atoms with E-state index in [4.69, 9.17) is 15.2 Å². The molecule has 5 nitrogen and oxygen atoms in total. The summed E-state index contributed by atoms with van der Waals surface area (Å²) in [5.41, 5.74) is 5.54. The second-order valence-corrected chi connectivity index (χ2v) is 6.46. The van der Waals surface area contributed by atoms with E-state index < -0.39 is 5.60 Å². The average Bonchev–Trinajstić information content (AvgIpc) is 2.23. The summed E-state index contributed by atoms with van der Waals surface area (Å²) in [7, 11) is 0. The van der Waals surface area contributed by atoms with Crippen LogP contribution in [-0.4, -0.2) is 49.4 Å². The zero-order valence-corrected chi connectivity index (χ0v) is 11.6. The van der Waals surface area contributed by atoms with Gasteiger partial charge in [0.2, 0.25) is 0 Å². The van der Waals surface area contributed by atoms with Crippen molar-refractivity contribution in [2.45, 2.75) is 32.8 Å². The van der Waals surface area contributed by atoms with Crippen molar-refractivity contribution in [3.8, 4) is 0 Å². The molecule has 2 aliphatic heterocycles. The Kier molecular flexibility index (Phi) is 3.56. The van der Waals surface area contributed by atoms with Crippen LogP contribution in [0.4, 0.5) is 4.79 Å². The van der Waals surface area contributed by atoms with E-state index in [1.165, 1.54) is 0 Å². The summed E-state index contributed by atoms with van der Waals surface area (Å²) >= 11 is 0. The van der Waals surface area contributed by atoms with Crippen LogP contribution in [0.5, 0.6) is 0 Å². The maximum atomic E-state index is 11.9. The molecule has 0 aromatic carbocycles. The largest absolute Gasteiger partial charge is 0.444 e. The third kappa shape index (κ3) is 2.62. The van der Waals surface area contributed by atoms with Crippen LogP contribution >= 0.6 is 0 Å². The summed E-state index contributed by atoms with van der Waals surface area (Å²) in [4.78, 5) is 13.7. The van der Waals surface area contributed by atoms with E-state index in [9.17, 15) is 4.79 Å². The lowest BCUT2D eigenvalue weighted by Gasteiger charge is -2.55. The van der Waals surface area contributed by atoms with Crippen molar-refractivity contribution in [1.82, 2.24) is 4.90 Å². The molecule has 0 saturated carbocycles. The van der Waals surface area contributed by atoms with Crippen molar-refractivity contribution >= 4 is 6.09 Å².